The number of hydrogen-bond donors (Lipinski definition) is 8. The lowest BCUT2D eigenvalue weighted by Gasteiger charge is -2.25. The van der Waals surface area contributed by atoms with Crippen LogP contribution in [0.2, 0.25) is 0 Å². The molecule has 14 nitrogen and oxygen atoms in total. The van der Waals surface area contributed by atoms with Crippen LogP contribution in [0, 0.1) is 0 Å². The van der Waals surface area contributed by atoms with Gasteiger partial charge in [0.2, 0.25) is 23.6 Å². The molecule has 1 rings (SSSR count). The predicted octanol–water partition coefficient (Wildman–Crippen LogP) is -2.22. The molecule has 0 aromatic heterocycles. The van der Waals surface area contributed by atoms with Gasteiger partial charge in [0, 0.05) is 13.0 Å². The Hall–Kier alpha value is -3.85. The van der Waals surface area contributed by atoms with E-state index in [1.807, 2.05) is 6.26 Å². The summed E-state index contributed by atoms with van der Waals surface area (Å²) in [4.78, 5) is 65.7. The Balaban J connectivity index is 3.14. The zero-order valence-electron chi connectivity index (χ0n) is 21.8. The van der Waals surface area contributed by atoms with E-state index in [-0.39, 0.29) is 38.2 Å². The zero-order chi connectivity index (χ0) is 29.4. The van der Waals surface area contributed by atoms with Crippen LogP contribution in [0.5, 0.6) is 0 Å². The number of carboxylic acids is 1. The maximum atomic E-state index is 13.3. The molecule has 0 radical (unpaired) electrons. The van der Waals surface area contributed by atoms with Gasteiger partial charge in [0.15, 0.2) is 5.96 Å². The average molecular weight is 567 g/mol. The van der Waals surface area contributed by atoms with Crippen molar-refractivity contribution >= 4 is 47.3 Å². The summed E-state index contributed by atoms with van der Waals surface area (Å²) in [5.74, 6) is -3.83. The van der Waals surface area contributed by atoms with Gasteiger partial charge in [-0.2, -0.15) is 11.8 Å². The van der Waals surface area contributed by atoms with Gasteiger partial charge in [-0.1, -0.05) is 30.3 Å². The number of aliphatic carboxylic acids is 1. The highest BCUT2D eigenvalue weighted by molar-refractivity contribution is 7.98. The van der Waals surface area contributed by atoms with Gasteiger partial charge in [-0.05, 0) is 36.8 Å². The van der Waals surface area contributed by atoms with Crippen molar-refractivity contribution in [1.82, 2.24) is 16.0 Å². The van der Waals surface area contributed by atoms with Crippen LogP contribution in [0.15, 0.2) is 35.3 Å². The SMILES string of the molecule is CSCCC(NC(=O)C(CCCN=C(N)N)NC(=O)C(Cc1ccccc1)NC(=O)C(N)CC(N)=O)C(=O)O. The Morgan fingerprint density at radius 1 is 0.897 bits per heavy atom. The number of nitrogens with one attached hydrogen (secondary N) is 3. The monoisotopic (exact) mass is 566 g/mol. The van der Waals surface area contributed by atoms with Gasteiger partial charge in [-0.25, -0.2) is 4.79 Å². The van der Waals surface area contributed by atoms with E-state index in [9.17, 15) is 29.1 Å². The second-order valence-electron chi connectivity index (χ2n) is 8.72. The molecule has 0 aliphatic carbocycles. The topological polar surface area (TPSA) is 258 Å². The highest BCUT2D eigenvalue weighted by Crippen LogP contribution is 2.08. The van der Waals surface area contributed by atoms with Crippen LogP contribution in [0.4, 0.5) is 0 Å². The zero-order valence-corrected chi connectivity index (χ0v) is 22.6. The van der Waals surface area contributed by atoms with Crippen molar-refractivity contribution in [2.75, 3.05) is 18.6 Å². The van der Waals surface area contributed by atoms with Crippen LogP contribution >= 0.6 is 11.8 Å². The number of rotatable bonds is 18. The molecule has 39 heavy (non-hydrogen) atoms. The fourth-order valence-corrected chi connectivity index (χ4v) is 3.93. The largest absolute Gasteiger partial charge is 0.480 e. The van der Waals surface area contributed by atoms with Crippen molar-refractivity contribution in [3.8, 4) is 0 Å². The third-order valence-corrected chi connectivity index (χ3v) is 6.12. The Bertz CT molecular complexity index is 1010. The molecular weight excluding hydrogens is 528 g/mol. The molecule has 15 heteroatoms. The number of nitrogens with zero attached hydrogens (tertiary/aromatic N) is 1. The molecule has 4 amide bonds. The van der Waals surface area contributed by atoms with Crippen molar-refractivity contribution in [1.29, 1.82) is 0 Å². The number of hydrogen-bond acceptors (Lipinski definition) is 8. The lowest BCUT2D eigenvalue weighted by molar-refractivity contribution is -0.142. The van der Waals surface area contributed by atoms with E-state index < -0.39 is 60.2 Å². The summed E-state index contributed by atoms with van der Waals surface area (Å²) in [7, 11) is 0. The minimum atomic E-state index is -1.28. The second kappa shape index (κ2) is 17.6. The van der Waals surface area contributed by atoms with E-state index in [0.29, 0.717) is 11.3 Å². The minimum Gasteiger partial charge on any atom is -0.480 e. The Morgan fingerprint density at radius 3 is 2.05 bits per heavy atom. The molecule has 0 aliphatic heterocycles. The molecular formula is C24H38N8O6S. The van der Waals surface area contributed by atoms with Gasteiger partial charge >= 0.3 is 5.97 Å². The van der Waals surface area contributed by atoms with Gasteiger partial charge in [0.05, 0.1) is 12.5 Å². The van der Waals surface area contributed by atoms with Crippen molar-refractivity contribution in [3.05, 3.63) is 35.9 Å². The maximum Gasteiger partial charge on any atom is 0.326 e. The lowest BCUT2D eigenvalue weighted by Crippen LogP contribution is -2.57. The van der Waals surface area contributed by atoms with Crippen molar-refractivity contribution in [2.45, 2.75) is 56.3 Å². The second-order valence-corrected chi connectivity index (χ2v) is 9.70. The Labute approximate surface area is 231 Å². The van der Waals surface area contributed by atoms with E-state index in [1.54, 1.807) is 30.3 Å². The molecule has 12 N–H and O–H groups in total. The number of carbonyl (C=O) groups excluding carboxylic acids is 4. The molecule has 1 aromatic rings. The summed E-state index contributed by atoms with van der Waals surface area (Å²) in [6, 6.07) is 4.03. The number of amides is 4. The number of aliphatic imine (C=N–C) groups is 1. The number of benzene rings is 1. The van der Waals surface area contributed by atoms with Crippen LogP contribution in [0.1, 0.15) is 31.2 Å². The standard InChI is InChI=1S/C24H38N8O6S/c1-39-11-9-17(23(37)38)31-21(35)16(8-5-10-29-24(27)28)30-22(36)18(12-14-6-3-2-4-7-14)32-20(34)15(25)13-19(26)33/h2-4,6-7,15-18H,5,8-13,25H2,1H3,(H2,26,33)(H,30,36)(H,31,35)(H,32,34)(H,37,38)(H4,27,28,29). The third-order valence-electron chi connectivity index (χ3n) is 5.48. The molecule has 0 bridgehead atoms. The number of guanidine groups is 1. The van der Waals surface area contributed by atoms with Crippen molar-refractivity contribution < 1.29 is 29.1 Å². The quantitative estimate of drug-likeness (QED) is 0.0539. The first-order valence-electron chi connectivity index (χ1n) is 12.2. The summed E-state index contributed by atoms with van der Waals surface area (Å²) in [6.45, 7) is 0.170. The summed E-state index contributed by atoms with van der Waals surface area (Å²) >= 11 is 1.43. The van der Waals surface area contributed by atoms with Crippen LogP contribution in [-0.2, 0) is 30.4 Å². The fourth-order valence-electron chi connectivity index (χ4n) is 3.46. The highest BCUT2D eigenvalue weighted by Gasteiger charge is 2.30. The van der Waals surface area contributed by atoms with E-state index in [2.05, 4.69) is 20.9 Å². The van der Waals surface area contributed by atoms with Crippen molar-refractivity contribution in [2.24, 2.45) is 27.9 Å². The van der Waals surface area contributed by atoms with Crippen LogP contribution in [0.25, 0.3) is 0 Å². The lowest BCUT2D eigenvalue weighted by atomic mass is 10.0. The highest BCUT2D eigenvalue weighted by atomic mass is 32.2. The van der Waals surface area contributed by atoms with Crippen LogP contribution in [0.3, 0.4) is 0 Å². The molecule has 1 aromatic carbocycles. The predicted molar refractivity (Wildman–Crippen MR) is 148 cm³/mol. The molecule has 4 atom stereocenters. The summed E-state index contributed by atoms with van der Waals surface area (Å²) in [6.07, 6.45) is 1.99. The molecule has 4 unspecified atom stereocenters. The first-order chi connectivity index (χ1) is 18.4. The van der Waals surface area contributed by atoms with E-state index in [0.717, 1.165) is 0 Å². The molecule has 0 saturated heterocycles. The first-order valence-corrected chi connectivity index (χ1v) is 13.6. The average Bonchev–Trinajstić information content (AvgIpc) is 2.87. The normalized spacial score (nSPS) is 13.7. The Kier molecular flexibility index (Phi) is 15.0. The minimum absolute atomic E-state index is 0.0511. The third kappa shape index (κ3) is 13.5. The molecule has 0 heterocycles. The fraction of sp³-hybridized carbons (Fsp3) is 0.500. The number of thioether (sulfide) groups is 1. The van der Waals surface area contributed by atoms with E-state index in [4.69, 9.17) is 22.9 Å². The number of carboxylic acid groups (broad SMARTS) is 1. The molecule has 0 aliphatic rings. The number of nitrogens with two attached hydrogens (primary N) is 4. The molecule has 0 saturated carbocycles. The first kappa shape index (κ1) is 33.2. The van der Waals surface area contributed by atoms with Crippen LogP contribution < -0.4 is 38.9 Å². The molecule has 0 fully saturated rings. The van der Waals surface area contributed by atoms with E-state index >= 15 is 0 Å². The van der Waals surface area contributed by atoms with Gasteiger partial charge in [-0.15, -0.1) is 0 Å². The number of primary amides is 1. The summed E-state index contributed by atoms with van der Waals surface area (Å²) in [5, 5.41) is 17.1. The smallest absolute Gasteiger partial charge is 0.326 e. The van der Waals surface area contributed by atoms with Gasteiger partial charge in [0.25, 0.3) is 0 Å². The van der Waals surface area contributed by atoms with Gasteiger partial charge in [-0.3, -0.25) is 24.2 Å². The molecule has 0 spiro atoms. The van der Waals surface area contributed by atoms with Crippen molar-refractivity contribution in [3.63, 3.8) is 0 Å². The van der Waals surface area contributed by atoms with E-state index in [1.165, 1.54) is 11.8 Å². The molecule has 216 valence electrons. The van der Waals surface area contributed by atoms with Gasteiger partial charge in [0.1, 0.15) is 18.1 Å². The summed E-state index contributed by atoms with van der Waals surface area (Å²) in [5.41, 5.74) is 22.3. The van der Waals surface area contributed by atoms with Crippen LogP contribution in [-0.4, -0.2) is 83.4 Å². The Morgan fingerprint density at radius 2 is 1.49 bits per heavy atom. The van der Waals surface area contributed by atoms with Gasteiger partial charge < -0.3 is 44.0 Å². The number of carbonyl (C=O) groups is 5. The summed E-state index contributed by atoms with van der Waals surface area (Å²) < 4.78 is 0. The maximum absolute atomic E-state index is 13.3.